The molecule has 3 aromatic heterocycles. The summed E-state index contributed by atoms with van der Waals surface area (Å²) in [6, 6.07) is 11.3. The van der Waals surface area contributed by atoms with E-state index in [1.165, 1.54) is 6.33 Å². The van der Waals surface area contributed by atoms with E-state index in [1.54, 1.807) is 12.4 Å². The Balaban J connectivity index is 1.75. The number of hydrogen-bond donors (Lipinski definition) is 2. The van der Waals surface area contributed by atoms with Crippen molar-refractivity contribution < 1.29 is 0 Å². The number of rotatable bonds is 4. The number of H-pyrrole nitrogens is 1. The van der Waals surface area contributed by atoms with E-state index in [-0.39, 0.29) is 11.6 Å². The largest absolute Gasteiger partial charge is 0.339 e. The molecule has 0 aliphatic rings. The van der Waals surface area contributed by atoms with Gasteiger partial charge in [0.05, 0.1) is 22.9 Å². The number of aromatic amines is 1. The van der Waals surface area contributed by atoms with E-state index in [9.17, 15) is 4.79 Å². The third-order valence-electron chi connectivity index (χ3n) is 4.04. The minimum absolute atomic E-state index is 0.200. The molecule has 0 aliphatic carbocycles. The first-order chi connectivity index (χ1) is 12.6. The van der Waals surface area contributed by atoms with E-state index in [1.807, 2.05) is 34.9 Å². The SMILES string of the molecule is CC(C)n1cnnc1-c1cccc(Nc2cccc3nc[nH]c(=O)c23)n1. The second-order valence-corrected chi connectivity index (χ2v) is 6.12. The molecule has 8 heteroatoms. The summed E-state index contributed by atoms with van der Waals surface area (Å²) in [6.07, 6.45) is 3.09. The molecule has 26 heavy (non-hydrogen) atoms. The van der Waals surface area contributed by atoms with E-state index in [2.05, 4.69) is 44.3 Å². The van der Waals surface area contributed by atoms with Gasteiger partial charge >= 0.3 is 0 Å². The highest BCUT2D eigenvalue weighted by Crippen LogP contribution is 2.24. The molecular weight excluding hydrogens is 330 g/mol. The van der Waals surface area contributed by atoms with Crippen LogP contribution in [0.1, 0.15) is 19.9 Å². The Kier molecular flexibility index (Phi) is 3.92. The number of hydrogen-bond acceptors (Lipinski definition) is 6. The summed E-state index contributed by atoms with van der Waals surface area (Å²) in [7, 11) is 0. The van der Waals surface area contributed by atoms with Crippen LogP contribution in [0.2, 0.25) is 0 Å². The molecule has 2 N–H and O–H groups in total. The highest BCUT2D eigenvalue weighted by atomic mass is 16.1. The zero-order chi connectivity index (χ0) is 18.1. The van der Waals surface area contributed by atoms with Gasteiger partial charge in [0.2, 0.25) is 0 Å². The molecule has 0 spiro atoms. The van der Waals surface area contributed by atoms with Gasteiger partial charge in [-0.3, -0.25) is 4.79 Å². The van der Waals surface area contributed by atoms with Crippen LogP contribution in [-0.2, 0) is 0 Å². The fraction of sp³-hybridized carbons (Fsp3) is 0.167. The number of anilines is 2. The maximum atomic E-state index is 12.2. The maximum Gasteiger partial charge on any atom is 0.260 e. The van der Waals surface area contributed by atoms with Crippen LogP contribution in [0.4, 0.5) is 11.5 Å². The predicted octanol–water partition coefficient (Wildman–Crippen LogP) is 2.90. The van der Waals surface area contributed by atoms with Crippen LogP contribution in [-0.4, -0.2) is 29.7 Å². The molecule has 0 amide bonds. The van der Waals surface area contributed by atoms with E-state index >= 15 is 0 Å². The van der Waals surface area contributed by atoms with Crippen molar-refractivity contribution in [2.24, 2.45) is 0 Å². The number of nitrogens with zero attached hydrogens (tertiary/aromatic N) is 5. The fourth-order valence-electron chi connectivity index (χ4n) is 2.79. The Morgan fingerprint density at radius 1 is 1.15 bits per heavy atom. The quantitative estimate of drug-likeness (QED) is 0.588. The van der Waals surface area contributed by atoms with Crippen LogP contribution in [0.25, 0.3) is 22.4 Å². The predicted molar refractivity (Wildman–Crippen MR) is 99.3 cm³/mol. The third-order valence-corrected chi connectivity index (χ3v) is 4.04. The standard InChI is InChI=1S/C18H17N7O/c1-11(2)25-10-21-24-17(25)14-7-4-8-15(23-14)22-13-6-3-5-12-16(13)18(26)20-9-19-12/h3-11H,1-2H3,(H,22,23)(H,19,20,26). The van der Waals surface area contributed by atoms with Crippen molar-refractivity contribution in [1.29, 1.82) is 0 Å². The van der Waals surface area contributed by atoms with Crippen LogP contribution in [0.15, 0.2) is 53.8 Å². The molecule has 0 aliphatic heterocycles. The van der Waals surface area contributed by atoms with Crippen LogP contribution < -0.4 is 10.9 Å². The molecule has 0 saturated carbocycles. The Bertz CT molecular complexity index is 1120. The first-order valence-corrected chi connectivity index (χ1v) is 8.24. The summed E-state index contributed by atoms with van der Waals surface area (Å²) < 4.78 is 1.96. The van der Waals surface area contributed by atoms with E-state index in [0.29, 0.717) is 33.9 Å². The van der Waals surface area contributed by atoms with E-state index in [0.717, 1.165) is 0 Å². The van der Waals surface area contributed by atoms with Gasteiger partial charge in [-0.2, -0.15) is 0 Å². The average Bonchev–Trinajstić information content (AvgIpc) is 3.12. The first kappa shape index (κ1) is 15.9. The lowest BCUT2D eigenvalue weighted by atomic mass is 10.2. The van der Waals surface area contributed by atoms with Crippen molar-refractivity contribution in [1.82, 2.24) is 29.7 Å². The van der Waals surface area contributed by atoms with Gasteiger partial charge in [-0.05, 0) is 38.1 Å². The molecule has 4 rings (SSSR count). The van der Waals surface area contributed by atoms with Gasteiger partial charge in [0.1, 0.15) is 17.8 Å². The number of nitrogens with one attached hydrogen (secondary N) is 2. The molecule has 0 radical (unpaired) electrons. The van der Waals surface area contributed by atoms with Crippen LogP contribution >= 0.6 is 0 Å². The molecule has 4 aromatic rings. The summed E-state index contributed by atoms with van der Waals surface area (Å²) >= 11 is 0. The molecule has 0 atom stereocenters. The highest BCUT2D eigenvalue weighted by Gasteiger charge is 2.12. The monoisotopic (exact) mass is 347 g/mol. The van der Waals surface area contributed by atoms with Crippen molar-refractivity contribution in [3.8, 4) is 11.5 Å². The lowest BCUT2D eigenvalue weighted by molar-refractivity contribution is 0.603. The number of benzene rings is 1. The molecule has 130 valence electrons. The number of aromatic nitrogens is 6. The second kappa shape index (κ2) is 6.40. The lowest BCUT2D eigenvalue weighted by Crippen LogP contribution is -2.09. The van der Waals surface area contributed by atoms with Gasteiger partial charge in [0.25, 0.3) is 5.56 Å². The van der Waals surface area contributed by atoms with Gasteiger partial charge in [-0.15, -0.1) is 10.2 Å². The van der Waals surface area contributed by atoms with Crippen LogP contribution in [0.5, 0.6) is 0 Å². The third kappa shape index (κ3) is 2.81. The molecule has 1 aromatic carbocycles. The molecule has 0 unspecified atom stereocenters. The van der Waals surface area contributed by atoms with Crippen molar-refractivity contribution in [3.05, 3.63) is 59.4 Å². The number of pyridine rings is 1. The first-order valence-electron chi connectivity index (χ1n) is 8.24. The second-order valence-electron chi connectivity index (χ2n) is 6.12. The van der Waals surface area contributed by atoms with E-state index < -0.39 is 0 Å². The number of fused-ring (bicyclic) bond motifs is 1. The van der Waals surface area contributed by atoms with Gasteiger partial charge < -0.3 is 14.9 Å². The Morgan fingerprint density at radius 2 is 2.00 bits per heavy atom. The maximum absolute atomic E-state index is 12.2. The van der Waals surface area contributed by atoms with Gasteiger partial charge in [0.15, 0.2) is 5.82 Å². The normalized spacial score (nSPS) is 11.2. The molecular formula is C18H17N7O. The molecule has 3 heterocycles. The fourth-order valence-corrected chi connectivity index (χ4v) is 2.79. The Morgan fingerprint density at radius 3 is 2.85 bits per heavy atom. The van der Waals surface area contributed by atoms with E-state index in [4.69, 9.17) is 0 Å². The minimum atomic E-state index is -0.200. The van der Waals surface area contributed by atoms with Gasteiger partial charge in [-0.1, -0.05) is 12.1 Å². The van der Waals surface area contributed by atoms with Crippen molar-refractivity contribution >= 4 is 22.4 Å². The minimum Gasteiger partial charge on any atom is -0.339 e. The zero-order valence-electron chi connectivity index (χ0n) is 14.3. The van der Waals surface area contributed by atoms with Crippen molar-refractivity contribution in [3.63, 3.8) is 0 Å². The topological polar surface area (TPSA) is 101 Å². The van der Waals surface area contributed by atoms with Crippen molar-refractivity contribution in [2.75, 3.05) is 5.32 Å². The summed E-state index contributed by atoms with van der Waals surface area (Å²) in [5, 5.41) is 11.9. The molecule has 0 saturated heterocycles. The molecule has 8 nitrogen and oxygen atoms in total. The highest BCUT2D eigenvalue weighted by molar-refractivity contribution is 5.91. The van der Waals surface area contributed by atoms with Gasteiger partial charge in [-0.25, -0.2) is 9.97 Å². The van der Waals surface area contributed by atoms with Gasteiger partial charge in [0, 0.05) is 6.04 Å². The summed E-state index contributed by atoms with van der Waals surface area (Å²) in [6.45, 7) is 4.12. The Hall–Kier alpha value is -3.55. The van der Waals surface area contributed by atoms with Crippen LogP contribution in [0.3, 0.4) is 0 Å². The average molecular weight is 347 g/mol. The summed E-state index contributed by atoms with van der Waals surface area (Å²) in [5.74, 6) is 1.30. The zero-order valence-corrected chi connectivity index (χ0v) is 14.3. The molecule has 0 fully saturated rings. The molecule has 0 bridgehead atoms. The summed E-state index contributed by atoms with van der Waals surface area (Å²) in [4.78, 5) is 23.6. The Labute approximate surface area is 149 Å². The van der Waals surface area contributed by atoms with Crippen LogP contribution in [0, 0.1) is 0 Å². The smallest absolute Gasteiger partial charge is 0.260 e. The summed E-state index contributed by atoms with van der Waals surface area (Å²) in [5.41, 5.74) is 1.77. The lowest BCUT2D eigenvalue weighted by Gasteiger charge is -2.11. The van der Waals surface area contributed by atoms with Crippen molar-refractivity contribution in [2.45, 2.75) is 19.9 Å².